The number of aromatic nitrogens is 4. The highest BCUT2D eigenvalue weighted by molar-refractivity contribution is 5.87. The number of anilines is 1. The van der Waals surface area contributed by atoms with Gasteiger partial charge in [-0.05, 0) is 99.7 Å². The van der Waals surface area contributed by atoms with Gasteiger partial charge in [-0.25, -0.2) is 9.97 Å². The first-order valence-corrected chi connectivity index (χ1v) is 19.2. The molecule has 2 heterocycles. The molecule has 0 saturated heterocycles. The Morgan fingerprint density at radius 2 is 0.898 bits per heavy atom. The minimum absolute atomic E-state index is 0.472. The fraction of sp³-hybridized carbons (Fsp3) is 0.333. The van der Waals surface area contributed by atoms with Gasteiger partial charge in [0.25, 0.3) is 0 Å². The number of hydrogen-bond acceptors (Lipinski definition) is 12. The third-order valence-corrected chi connectivity index (χ3v) is 10.5. The molecule has 14 nitrogen and oxygen atoms in total. The number of rotatable bonds is 18. The second kappa shape index (κ2) is 18.5. The van der Waals surface area contributed by atoms with Crippen molar-refractivity contribution >= 4 is 5.69 Å². The van der Waals surface area contributed by atoms with E-state index in [0.717, 1.165) is 59.6 Å². The van der Waals surface area contributed by atoms with Crippen LogP contribution in [0.15, 0.2) is 60.7 Å². The summed E-state index contributed by atoms with van der Waals surface area (Å²) in [7, 11) is 19.1. The van der Waals surface area contributed by atoms with E-state index in [4.69, 9.17) is 48.9 Å². The molecule has 0 aliphatic carbocycles. The molecular weight excluding hydrogens is 751 g/mol. The number of benzene rings is 4. The highest BCUT2D eigenvalue weighted by atomic mass is 16.5. The fourth-order valence-electron chi connectivity index (χ4n) is 7.55. The third-order valence-electron chi connectivity index (χ3n) is 10.5. The predicted molar refractivity (Wildman–Crippen MR) is 233 cm³/mol. The molecule has 6 aromatic rings. The Kier molecular flexibility index (Phi) is 13.2. The Morgan fingerprint density at radius 1 is 0.492 bits per heavy atom. The molecule has 0 unspecified atom stereocenters. The number of methoxy groups -OCH3 is 7. The molecule has 0 amide bonds. The van der Waals surface area contributed by atoms with E-state index in [1.807, 2.05) is 75.2 Å². The Labute approximate surface area is 346 Å². The molecule has 0 aliphatic rings. The molecule has 312 valence electrons. The maximum absolute atomic E-state index is 6.51. The topological polar surface area (TPSA) is 150 Å². The van der Waals surface area contributed by atoms with Crippen LogP contribution in [0.25, 0.3) is 56.7 Å². The van der Waals surface area contributed by atoms with Crippen molar-refractivity contribution in [2.75, 3.05) is 82.7 Å². The first kappa shape index (κ1) is 42.2. The van der Waals surface area contributed by atoms with Crippen molar-refractivity contribution in [3.8, 4) is 96.9 Å². The lowest BCUT2D eigenvalue weighted by Gasteiger charge is -2.16. The van der Waals surface area contributed by atoms with Crippen LogP contribution in [0.1, 0.15) is 11.1 Å². The van der Waals surface area contributed by atoms with Gasteiger partial charge in [0.15, 0.2) is 34.6 Å². The quantitative estimate of drug-likeness (QED) is 0.0798. The molecule has 0 fully saturated rings. The van der Waals surface area contributed by atoms with Gasteiger partial charge >= 0.3 is 0 Å². The van der Waals surface area contributed by atoms with Crippen molar-refractivity contribution in [3.63, 3.8) is 0 Å². The molecule has 6 rings (SSSR count). The first-order valence-electron chi connectivity index (χ1n) is 19.2. The molecule has 0 aliphatic heterocycles. The molecule has 0 bridgehead atoms. The van der Waals surface area contributed by atoms with Crippen LogP contribution in [0.4, 0.5) is 5.69 Å². The van der Waals surface area contributed by atoms with Crippen molar-refractivity contribution < 1.29 is 33.2 Å². The van der Waals surface area contributed by atoms with Gasteiger partial charge in [0.2, 0.25) is 11.5 Å². The second-order valence-corrected chi connectivity index (χ2v) is 13.9. The summed E-state index contributed by atoms with van der Waals surface area (Å²) in [4.78, 5) is 10.8. The minimum atomic E-state index is 0.472. The van der Waals surface area contributed by atoms with Crippen molar-refractivity contribution in [1.29, 1.82) is 0 Å². The van der Waals surface area contributed by atoms with E-state index >= 15 is 0 Å². The van der Waals surface area contributed by atoms with E-state index in [-0.39, 0.29) is 0 Å². The number of hydrogen-bond donors (Lipinski definition) is 3. The van der Waals surface area contributed by atoms with E-state index in [1.165, 1.54) is 11.1 Å². The summed E-state index contributed by atoms with van der Waals surface area (Å²) in [5.41, 5.74) is 15.9. The van der Waals surface area contributed by atoms with E-state index < -0.39 is 0 Å². The van der Waals surface area contributed by atoms with Gasteiger partial charge in [-0.2, -0.15) is 0 Å². The van der Waals surface area contributed by atoms with Gasteiger partial charge in [-0.3, -0.25) is 0 Å². The third kappa shape index (κ3) is 8.05. The van der Waals surface area contributed by atoms with Crippen LogP contribution < -0.4 is 49.5 Å². The van der Waals surface area contributed by atoms with Crippen molar-refractivity contribution in [2.24, 2.45) is 14.1 Å². The Morgan fingerprint density at radius 3 is 1.29 bits per heavy atom. The lowest BCUT2D eigenvalue weighted by atomic mass is 9.96. The maximum Gasteiger partial charge on any atom is 0.203 e. The van der Waals surface area contributed by atoms with Crippen molar-refractivity contribution in [1.82, 2.24) is 29.7 Å². The molecule has 4 aromatic carbocycles. The van der Waals surface area contributed by atoms with Crippen LogP contribution in [-0.2, 0) is 26.9 Å². The number of nitrogens with two attached hydrogens (primary N) is 1. The molecule has 0 spiro atoms. The van der Waals surface area contributed by atoms with E-state index in [9.17, 15) is 0 Å². The predicted octanol–water partition coefficient (Wildman–Crippen LogP) is 6.65. The number of nitrogens with one attached hydrogen (secondary N) is 2. The highest BCUT2D eigenvalue weighted by Gasteiger charge is 2.29. The molecule has 2 aromatic heterocycles. The summed E-state index contributed by atoms with van der Waals surface area (Å²) in [5.74, 6) is 4.75. The highest BCUT2D eigenvalue weighted by Crippen LogP contribution is 2.47. The van der Waals surface area contributed by atoms with Crippen LogP contribution in [0.3, 0.4) is 0 Å². The van der Waals surface area contributed by atoms with Gasteiger partial charge < -0.3 is 58.7 Å². The van der Waals surface area contributed by atoms with E-state index in [0.29, 0.717) is 69.0 Å². The van der Waals surface area contributed by atoms with E-state index in [1.54, 1.807) is 49.8 Å². The summed E-state index contributed by atoms with van der Waals surface area (Å²) in [6.07, 6.45) is 1.77. The normalized spacial score (nSPS) is 11.1. The summed E-state index contributed by atoms with van der Waals surface area (Å²) in [6.45, 7) is 1.70. The SMILES string of the molecule is CNCCc1ccc(-c2c(-c3cc(OC)c(OC)c(OC)c3)nc(-c3nc(-c4cc(OC)c(OC)c(OC)c4)c(-c4ccc(OC)c(N)c4)n3C)n2C)cc1CCNC. The second-order valence-electron chi connectivity index (χ2n) is 13.9. The molecule has 0 radical (unpaired) electrons. The van der Waals surface area contributed by atoms with Crippen LogP contribution in [0.2, 0.25) is 0 Å². The largest absolute Gasteiger partial charge is 0.495 e. The van der Waals surface area contributed by atoms with Crippen molar-refractivity contribution in [2.45, 2.75) is 12.8 Å². The minimum Gasteiger partial charge on any atom is -0.495 e. The first-order chi connectivity index (χ1) is 28.6. The van der Waals surface area contributed by atoms with Crippen LogP contribution in [0.5, 0.6) is 40.2 Å². The summed E-state index contributed by atoms with van der Waals surface area (Å²) in [6, 6.07) is 20.0. The lowest BCUT2D eigenvalue weighted by molar-refractivity contribution is 0.324. The Hall–Kier alpha value is -6.38. The molecule has 4 N–H and O–H groups in total. The summed E-state index contributed by atoms with van der Waals surface area (Å²) < 4.78 is 44.2. The van der Waals surface area contributed by atoms with Crippen LogP contribution >= 0.6 is 0 Å². The van der Waals surface area contributed by atoms with Gasteiger partial charge in [-0.1, -0.05) is 12.1 Å². The average Bonchev–Trinajstić information content (AvgIpc) is 3.79. The molecule has 14 heteroatoms. The van der Waals surface area contributed by atoms with Gasteiger partial charge in [-0.15, -0.1) is 0 Å². The monoisotopic (exact) mass is 805 g/mol. The molecule has 0 atom stereocenters. The molecule has 59 heavy (non-hydrogen) atoms. The smallest absolute Gasteiger partial charge is 0.203 e. The standard InChI is InChI=1S/C45H55N7O7/c1-47-18-16-26-12-13-28(20-27(26)17-19-48-2)40-38(30-22-34(54-6)42(58-10)35(23-30)55-7)49-44(51(40)3)45-50-39(31-24-36(56-8)43(59-11)37(25-31)57-9)41(52(45)4)29-14-15-33(53-5)32(46)21-29/h12-15,20-25,47-48H,16-19,46H2,1-11H3. The summed E-state index contributed by atoms with van der Waals surface area (Å²) >= 11 is 0. The van der Waals surface area contributed by atoms with E-state index in [2.05, 4.69) is 33.4 Å². The Balaban J connectivity index is 1.69. The molecular formula is C45H55N7O7. The maximum atomic E-state index is 6.51. The number of imidazole rings is 2. The summed E-state index contributed by atoms with van der Waals surface area (Å²) in [5, 5.41) is 6.61. The number of nitrogens with zero attached hydrogens (tertiary/aromatic N) is 4. The number of ether oxygens (including phenoxy) is 7. The zero-order chi connectivity index (χ0) is 42.4. The zero-order valence-electron chi connectivity index (χ0n) is 35.8. The van der Waals surface area contributed by atoms with Crippen LogP contribution in [-0.4, -0.2) is 96.1 Å². The molecule has 0 saturated carbocycles. The zero-order valence-corrected chi connectivity index (χ0v) is 35.8. The van der Waals surface area contributed by atoms with Gasteiger partial charge in [0, 0.05) is 36.3 Å². The Bertz CT molecular complexity index is 2390. The van der Waals surface area contributed by atoms with Crippen LogP contribution in [0, 0.1) is 0 Å². The number of likely N-dealkylation sites (N-methyl/N-ethyl adjacent to an activating group) is 2. The lowest BCUT2D eigenvalue weighted by Crippen LogP contribution is -2.15. The van der Waals surface area contributed by atoms with Gasteiger partial charge in [0.1, 0.15) is 5.75 Å². The number of nitrogen functional groups attached to an aromatic ring is 1. The van der Waals surface area contributed by atoms with Gasteiger partial charge in [0.05, 0.1) is 78.2 Å². The fourth-order valence-corrected chi connectivity index (χ4v) is 7.55. The average molecular weight is 806 g/mol. The van der Waals surface area contributed by atoms with Crippen molar-refractivity contribution in [3.05, 3.63) is 71.8 Å².